The quantitative estimate of drug-likeness (QED) is 0.450. The van der Waals surface area contributed by atoms with Crippen molar-refractivity contribution in [2.45, 2.75) is 45.0 Å². The minimum absolute atomic E-state index is 0.000476. The number of pyridine rings is 1. The molecule has 0 aliphatic carbocycles. The molecule has 3 aromatic heterocycles. The van der Waals surface area contributed by atoms with E-state index in [1.54, 1.807) is 28.4 Å². The van der Waals surface area contributed by atoms with Crippen LogP contribution in [0.5, 0.6) is 0 Å². The van der Waals surface area contributed by atoms with E-state index in [2.05, 4.69) is 20.4 Å². The van der Waals surface area contributed by atoms with E-state index >= 15 is 0 Å². The predicted molar refractivity (Wildman–Crippen MR) is 125 cm³/mol. The molecule has 3 aromatic rings. The number of hydrogen-bond donors (Lipinski definition) is 2. The first-order valence-electron chi connectivity index (χ1n) is 10.9. The van der Waals surface area contributed by atoms with Crippen LogP contribution in [0.15, 0.2) is 29.8 Å². The topological polar surface area (TPSA) is 113 Å². The van der Waals surface area contributed by atoms with Crippen LogP contribution in [0.3, 0.4) is 0 Å². The summed E-state index contributed by atoms with van der Waals surface area (Å²) in [4.78, 5) is 8.90. The summed E-state index contributed by atoms with van der Waals surface area (Å²) in [5.74, 6) is -1.42. The fraction of sp³-hybridized carbons (Fsp3) is 0.476. The maximum absolute atomic E-state index is 12.6. The molecule has 14 heteroatoms. The van der Waals surface area contributed by atoms with E-state index in [-0.39, 0.29) is 19.0 Å². The van der Waals surface area contributed by atoms with Gasteiger partial charge in [-0.25, -0.2) is 27.4 Å². The number of piperidine rings is 1. The molecule has 0 aromatic carbocycles. The molecule has 1 saturated heterocycles. The minimum atomic E-state index is -4.77. The minimum Gasteiger partial charge on any atom is -0.368 e. The van der Waals surface area contributed by atoms with Crippen molar-refractivity contribution in [3.05, 3.63) is 51.9 Å². The molecule has 0 bridgehead atoms. The lowest BCUT2D eigenvalue weighted by molar-refractivity contribution is -0.107. The molecule has 1 fully saturated rings. The normalized spacial score (nSPS) is 17.0. The Morgan fingerprint density at radius 2 is 2.00 bits per heavy atom. The van der Waals surface area contributed by atoms with Crippen LogP contribution in [0, 0.1) is 13.8 Å². The number of aromatic nitrogens is 4. The zero-order valence-corrected chi connectivity index (χ0v) is 20.7. The lowest BCUT2D eigenvalue weighted by Gasteiger charge is -2.30. The second kappa shape index (κ2) is 9.84. The standard InChI is InChI=1S/C21H25F3N6O3S2/c1-13-10-14(2)30(28-13)18-16(4-3-7-25-18)26-19(31)17-11-34-20(27-17)15-5-8-29(9-6-15)35(32,33)12-21(22,23)24/h3-4,7,10-11,15,19,26,31H,5-6,8-9,12H2,1-2H3. The van der Waals surface area contributed by atoms with E-state index < -0.39 is 28.2 Å². The third-order valence-corrected chi connectivity index (χ3v) is 8.52. The van der Waals surface area contributed by atoms with Crippen LogP contribution in [0.1, 0.15) is 47.1 Å². The number of halogens is 3. The van der Waals surface area contributed by atoms with Gasteiger partial charge >= 0.3 is 6.18 Å². The SMILES string of the molecule is Cc1cc(C)n(-c2ncccc2NC(O)c2csc(C3CCN(S(=O)(=O)CC(F)(F)F)CC3)n2)n1. The Hall–Kier alpha value is -2.55. The van der Waals surface area contributed by atoms with Gasteiger partial charge in [-0.2, -0.15) is 18.3 Å². The molecule has 190 valence electrons. The first-order valence-corrected chi connectivity index (χ1v) is 13.3. The molecule has 1 atom stereocenters. The van der Waals surface area contributed by atoms with Crippen LogP contribution in [-0.2, 0) is 10.0 Å². The van der Waals surface area contributed by atoms with E-state index in [9.17, 15) is 26.7 Å². The van der Waals surface area contributed by atoms with E-state index in [0.29, 0.717) is 35.0 Å². The number of thiazole rings is 1. The zero-order chi connectivity index (χ0) is 25.4. The van der Waals surface area contributed by atoms with Crippen molar-refractivity contribution in [2.24, 2.45) is 0 Å². The molecular weight excluding hydrogens is 505 g/mol. The average Bonchev–Trinajstić information content (AvgIpc) is 3.39. The first kappa shape index (κ1) is 25.5. The summed E-state index contributed by atoms with van der Waals surface area (Å²) in [6.45, 7) is 3.78. The van der Waals surface area contributed by atoms with Crippen LogP contribution in [0.25, 0.3) is 5.82 Å². The summed E-state index contributed by atoms with van der Waals surface area (Å²) in [6, 6.07) is 5.42. The number of hydrogen-bond acceptors (Lipinski definition) is 8. The zero-order valence-electron chi connectivity index (χ0n) is 19.0. The third kappa shape index (κ3) is 6.00. The molecule has 35 heavy (non-hydrogen) atoms. The maximum atomic E-state index is 12.6. The molecule has 0 amide bonds. The van der Waals surface area contributed by atoms with Gasteiger partial charge in [0.05, 0.1) is 16.4 Å². The maximum Gasteiger partial charge on any atom is 0.404 e. The molecule has 1 unspecified atom stereocenters. The lowest BCUT2D eigenvalue weighted by Crippen LogP contribution is -2.42. The second-order valence-corrected chi connectivity index (χ2v) is 11.3. The van der Waals surface area contributed by atoms with Gasteiger partial charge in [0.1, 0.15) is 5.69 Å². The Labute approximate surface area is 204 Å². The third-order valence-electron chi connectivity index (χ3n) is 5.65. The molecule has 0 spiro atoms. The number of aliphatic hydroxyl groups is 1. The Balaban J connectivity index is 1.42. The second-order valence-electron chi connectivity index (χ2n) is 8.42. The van der Waals surface area contributed by atoms with E-state index in [0.717, 1.165) is 15.7 Å². The highest BCUT2D eigenvalue weighted by Gasteiger charge is 2.39. The van der Waals surface area contributed by atoms with Gasteiger partial charge < -0.3 is 10.4 Å². The number of rotatable bonds is 7. The van der Waals surface area contributed by atoms with Crippen LogP contribution < -0.4 is 5.32 Å². The van der Waals surface area contributed by atoms with Crippen LogP contribution in [0.4, 0.5) is 18.9 Å². The summed E-state index contributed by atoms with van der Waals surface area (Å²) in [5.41, 5.74) is 2.67. The fourth-order valence-electron chi connectivity index (χ4n) is 4.04. The van der Waals surface area contributed by atoms with Gasteiger partial charge in [-0.3, -0.25) is 0 Å². The Bertz CT molecular complexity index is 1280. The Kier molecular flexibility index (Phi) is 7.18. The fourth-order valence-corrected chi connectivity index (χ4v) is 6.41. The summed E-state index contributed by atoms with van der Waals surface area (Å²) in [7, 11) is -4.39. The van der Waals surface area contributed by atoms with Crippen molar-refractivity contribution in [3.63, 3.8) is 0 Å². The Morgan fingerprint density at radius 3 is 2.63 bits per heavy atom. The Morgan fingerprint density at radius 1 is 1.29 bits per heavy atom. The molecule has 9 nitrogen and oxygen atoms in total. The number of anilines is 1. The van der Waals surface area contributed by atoms with Gasteiger partial charge in [0.25, 0.3) is 0 Å². The smallest absolute Gasteiger partial charge is 0.368 e. The molecule has 1 aliphatic rings. The average molecular weight is 531 g/mol. The summed E-state index contributed by atoms with van der Waals surface area (Å²) >= 11 is 1.33. The highest BCUT2D eigenvalue weighted by molar-refractivity contribution is 7.89. The number of aliphatic hydroxyl groups excluding tert-OH is 1. The van der Waals surface area contributed by atoms with Crippen molar-refractivity contribution >= 4 is 27.0 Å². The molecule has 2 N–H and O–H groups in total. The van der Waals surface area contributed by atoms with Crippen molar-refractivity contribution in [1.82, 2.24) is 24.1 Å². The molecular formula is C21H25F3N6O3S2. The van der Waals surface area contributed by atoms with Crippen molar-refractivity contribution in [3.8, 4) is 5.82 Å². The van der Waals surface area contributed by atoms with E-state index in [4.69, 9.17) is 0 Å². The number of sulfonamides is 1. The van der Waals surface area contributed by atoms with Crippen molar-refractivity contribution in [2.75, 3.05) is 24.2 Å². The molecule has 4 rings (SSSR count). The number of nitrogens with zero attached hydrogens (tertiary/aromatic N) is 5. The number of nitrogens with one attached hydrogen (secondary N) is 1. The van der Waals surface area contributed by atoms with E-state index in [1.165, 1.54) is 11.3 Å². The summed E-state index contributed by atoms with van der Waals surface area (Å²) in [6.07, 6.45) is -3.55. The van der Waals surface area contributed by atoms with Crippen LogP contribution in [0.2, 0.25) is 0 Å². The molecule has 1 aliphatic heterocycles. The van der Waals surface area contributed by atoms with Gasteiger partial charge in [0, 0.05) is 36.3 Å². The van der Waals surface area contributed by atoms with Gasteiger partial charge in [-0.1, -0.05) is 0 Å². The molecule has 0 radical (unpaired) electrons. The van der Waals surface area contributed by atoms with Gasteiger partial charge in [-0.05, 0) is 44.9 Å². The predicted octanol–water partition coefficient (Wildman–Crippen LogP) is 3.52. The summed E-state index contributed by atoms with van der Waals surface area (Å²) < 4.78 is 64.3. The van der Waals surface area contributed by atoms with Crippen LogP contribution in [-0.4, -0.2) is 62.6 Å². The van der Waals surface area contributed by atoms with Gasteiger partial charge in [0.15, 0.2) is 17.8 Å². The monoisotopic (exact) mass is 530 g/mol. The van der Waals surface area contributed by atoms with E-state index in [1.807, 2.05) is 19.9 Å². The highest BCUT2D eigenvalue weighted by Crippen LogP contribution is 2.33. The van der Waals surface area contributed by atoms with Gasteiger partial charge in [0.2, 0.25) is 10.0 Å². The van der Waals surface area contributed by atoms with Crippen molar-refractivity contribution in [1.29, 1.82) is 0 Å². The molecule has 4 heterocycles. The molecule has 0 saturated carbocycles. The van der Waals surface area contributed by atoms with Gasteiger partial charge in [-0.15, -0.1) is 11.3 Å². The van der Waals surface area contributed by atoms with Crippen LogP contribution >= 0.6 is 11.3 Å². The number of alkyl halides is 3. The largest absolute Gasteiger partial charge is 0.404 e. The first-order chi connectivity index (χ1) is 16.4. The summed E-state index contributed by atoms with van der Waals surface area (Å²) in [5, 5.41) is 20.6. The van der Waals surface area contributed by atoms with Crippen molar-refractivity contribution < 1.29 is 26.7 Å². The lowest BCUT2D eigenvalue weighted by atomic mass is 9.99. The number of aryl methyl sites for hydroxylation is 2. The highest BCUT2D eigenvalue weighted by atomic mass is 32.2.